The summed E-state index contributed by atoms with van der Waals surface area (Å²) in [6, 6.07) is 5.27. The van der Waals surface area contributed by atoms with E-state index in [-0.39, 0.29) is 5.41 Å². The summed E-state index contributed by atoms with van der Waals surface area (Å²) in [5.74, 6) is 0. The van der Waals surface area contributed by atoms with Crippen molar-refractivity contribution in [2.75, 3.05) is 0 Å². The third-order valence-corrected chi connectivity index (χ3v) is 17.6. The summed E-state index contributed by atoms with van der Waals surface area (Å²) in [5, 5.41) is 0. The Kier molecular flexibility index (Phi) is 5.79. The topological polar surface area (TPSA) is 0 Å². The Hall–Kier alpha value is -0.690. The third kappa shape index (κ3) is 3.25. The van der Waals surface area contributed by atoms with Gasteiger partial charge in [0.25, 0.3) is 0 Å². The maximum atomic E-state index is 2.69. The summed E-state index contributed by atoms with van der Waals surface area (Å²) in [6.45, 7) is 19.3. The number of benzene rings is 1. The second-order valence-corrected chi connectivity index (χ2v) is 16.7. The van der Waals surface area contributed by atoms with Gasteiger partial charge in [0, 0.05) is 0 Å². The molecule has 1 aromatic carbocycles. The molecule has 0 fully saturated rings. The Morgan fingerprint density at radius 1 is 0.900 bits per heavy atom. The van der Waals surface area contributed by atoms with Crippen molar-refractivity contribution >= 4 is 6.08 Å². The normalized spacial score (nSPS) is 25.9. The standard InChI is InChI=1S/C19H25.C10H15.Hf/c1-4-7-14-8-9-15-10-16-12-19(5-2,6-3)13-17(16)11-18(14)15;1-7-6-10(4,5)9(3)8(7)2;/h8-11H,4-7,12-13H2,1-3H3;1-5H3;. The van der Waals surface area contributed by atoms with E-state index in [1.807, 2.05) is 3.33 Å². The van der Waals surface area contributed by atoms with Crippen LogP contribution in [0, 0.1) is 10.8 Å². The van der Waals surface area contributed by atoms with Crippen LogP contribution in [0.2, 0.25) is 0 Å². The minimum atomic E-state index is -1.14. The maximum absolute atomic E-state index is 2.69. The monoisotopic (exact) mass is 568 g/mol. The summed E-state index contributed by atoms with van der Waals surface area (Å²) in [6.07, 6.45) is 13.0. The molecule has 1 unspecified atom stereocenters. The van der Waals surface area contributed by atoms with Gasteiger partial charge < -0.3 is 0 Å². The molecular weight excluding hydrogens is 527 g/mol. The van der Waals surface area contributed by atoms with Crippen molar-refractivity contribution in [3.63, 3.8) is 0 Å². The molecule has 0 N–H and O–H groups in total. The van der Waals surface area contributed by atoms with Gasteiger partial charge in [0.2, 0.25) is 0 Å². The fourth-order valence-electron chi connectivity index (χ4n) is 6.35. The Bertz CT molecular complexity index is 964. The van der Waals surface area contributed by atoms with Crippen molar-refractivity contribution in [3.8, 4) is 0 Å². The molecule has 1 aromatic rings. The van der Waals surface area contributed by atoms with Crippen LogP contribution in [0.15, 0.2) is 38.3 Å². The van der Waals surface area contributed by atoms with E-state index in [1.54, 1.807) is 39.0 Å². The van der Waals surface area contributed by atoms with Crippen molar-refractivity contribution in [2.45, 2.75) is 97.1 Å². The SMILES string of the molecule is CCC[C]1([Hf][C]2=C(C)C(C)=C(C)C2(C)C)C=Cc2cc3c(cc21)CC(CC)(CC)C3. The Morgan fingerprint density at radius 3 is 2.07 bits per heavy atom. The second kappa shape index (κ2) is 7.72. The van der Waals surface area contributed by atoms with Gasteiger partial charge in [0.1, 0.15) is 0 Å². The Labute approximate surface area is 196 Å². The molecule has 0 bridgehead atoms. The van der Waals surface area contributed by atoms with Crippen molar-refractivity contribution in [3.05, 3.63) is 60.5 Å². The van der Waals surface area contributed by atoms with Crippen molar-refractivity contribution in [1.29, 1.82) is 0 Å². The molecule has 4 rings (SSSR count). The van der Waals surface area contributed by atoms with Gasteiger partial charge >= 0.3 is 197 Å². The molecule has 30 heavy (non-hydrogen) atoms. The van der Waals surface area contributed by atoms with Gasteiger partial charge in [-0.25, -0.2) is 0 Å². The molecule has 1 heteroatoms. The number of hydrogen-bond acceptors (Lipinski definition) is 0. The van der Waals surface area contributed by atoms with E-state index < -0.39 is 22.9 Å². The van der Waals surface area contributed by atoms with E-state index in [4.69, 9.17) is 0 Å². The number of hydrogen-bond donors (Lipinski definition) is 0. The molecule has 0 aromatic heterocycles. The van der Waals surface area contributed by atoms with Crippen molar-refractivity contribution in [1.82, 2.24) is 0 Å². The number of fused-ring (bicyclic) bond motifs is 2. The van der Waals surface area contributed by atoms with Crippen LogP contribution >= 0.6 is 0 Å². The molecule has 0 saturated carbocycles. The summed E-state index contributed by atoms with van der Waals surface area (Å²) in [4.78, 5) is 0. The molecule has 160 valence electrons. The fourth-order valence-corrected chi connectivity index (χ4v) is 14.3. The summed E-state index contributed by atoms with van der Waals surface area (Å²) < 4.78 is 2.22. The summed E-state index contributed by atoms with van der Waals surface area (Å²) >= 11 is -1.14. The van der Waals surface area contributed by atoms with E-state index in [9.17, 15) is 0 Å². The van der Waals surface area contributed by atoms with Crippen LogP contribution in [0.25, 0.3) is 6.08 Å². The minimum absolute atomic E-state index is 0.269. The molecule has 0 spiro atoms. The number of allylic oxidation sites excluding steroid dienone is 5. The molecule has 0 aliphatic heterocycles. The molecular formula is C29H40Hf. The van der Waals surface area contributed by atoms with Gasteiger partial charge in [0.05, 0.1) is 0 Å². The quantitative estimate of drug-likeness (QED) is 0.304. The van der Waals surface area contributed by atoms with E-state index in [0.29, 0.717) is 8.59 Å². The Balaban J connectivity index is 1.77. The molecule has 0 nitrogen and oxygen atoms in total. The van der Waals surface area contributed by atoms with Crippen LogP contribution in [0.5, 0.6) is 0 Å². The third-order valence-electron chi connectivity index (χ3n) is 9.09. The van der Waals surface area contributed by atoms with Gasteiger partial charge in [-0.05, 0) is 0 Å². The average molecular weight is 567 g/mol. The van der Waals surface area contributed by atoms with Gasteiger partial charge in [0.15, 0.2) is 0 Å². The predicted octanol–water partition coefficient (Wildman–Crippen LogP) is 8.35. The van der Waals surface area contributed by atoms with Crippen molar-refractivity contribution < 1.29 is 22.9 Å². The first-order valence-electron chi connectivity index (χ1n) is 12.2. The summed E-state index contributed by atoms with van der Waals surface area (Å²) in [5.41, 5.74) is 12.2. The van der Waals surface area contributed by atoms with Crippen LogP contribution in [0.4, 0.5) is 0 Å². The molecule has 0 heterocycles. The van der Waals surface area contributed by atoms with Gasteiger partial charge in [-0.15, -0.1) is 0 Å². The molecule has 0 saturated heterocycles. The molecule has 0 radical (unpaired) electrons. The van der Waals surface area contributed by atoms with Crippen LogP contribution < -0.4 is 0 Å². The van der Waals surface area contributed by atoms with Crippen molar-refractivity contribution in [2.24, 2.45) is 10.8 Å². The Morgan fingerprint density at radius 2 is 1.53 bits per heavy atom. The summed E-state index contributed by atoms with van der Waals surface area (Å²) in [7, 11) is 0. The van der Waals surface area contributed by atoms with E-state index >= 15 is 0 Å². The fraction of sp³-hybridized carbons (Fsp3) is 0.586. The van der Waals surface area contributed by atoms with E-state index in [0.717, 1.165) is 0 Å². The van der Waals surface area contributed by atoms with Crippen LogP contribution in [-0.2, 0) is 38.9 Å². The van der Waals surface area contributed by atoms with E-state index in [2.05, 4.69) is 79.7 Å². The zero-order valence-electron chi connectivity index (χ0n) is 20.6. The molecule has 3 aliphatic rings. The molecule has 1 atom stereocenters. The predicted molar refractivity (Wildman–Crippen MR) is 127 cm³/mol. The first-order valence-corrected chi connectivity index (χ1v) is 15.8. The average Bonchev–Trinajstić information content (AvgIpc) is 3.31. The zero-order chi connectivity index (χ0) is 21.9. The number of rotatable bonds is 6. The van der Waals surface area contributed by atoms with Gasteiger partial charge in [-0.1, -0.05) is 0 Å². The first kappa shape index (κ1) is 22.5. The van der Waals surface area contributed by atoms with Crippen LogP contribution in [0.1, 0.15) is 103 Å². The zero-order valence-corrected chi connectivity index (χ0v) is 24.1. The van der Waals surface area contributed by atoms with Crippen LogP contribution in [0.3, 0.4) is 0 Å². The van der Waals surface area contributed by atoms with Gasteiger partial charge in [-0.2, -0.15) is 0 Å². The van der Waals surface area contributed by atoms with Gasteiger partial charge in [-0.3, -0.25) is 0 Å². The molecule has 3 aliphatic carbocycles. The second-order valence-electron chi connectivity index (χ2n) is 10.8. The van der Waals surface area contributed by atoms with Crippen LogP contribution in [-0.4, -0.2) is 0 Å². The molecule has 0 amide bonds. The first-order chi connectivity index (χ1) is 14.1. The van der Waals surface area contributed by atoms with E-state index in [1.165, 1.54) is 38.5 Å².